The molecule has 164 valence electrons. The van der Waals surface area contributed by atoms with Gasteiger partial charge in [-0.3, -0.25) is 4.79 Å². The summed E-state index contributed by atoms with van der Waals surface area (Å²) in [7, 11) is -1.94. The molecule has 0 unspecified atom stereocenters. The molecule has 4 rings (SSSR count). The van der Waals surface area contributed by atoms with Crippen molar-refractivity contribution >= 4 is 44.4 Å². The highest BCUT2D eigenvalue weighted by atomic mass is 32.2. The van der Waals surface area contributed by atoms with Crippen molar-refractivity contribution < 1.29 is 17.9 Å². The van der Waals surface area contributed by atoms with Crippen molar-refractivity contribution in [2.75, 3.05) is 31.3 Å². The van der Waals surface area contributed by atoms with Crippen LogP contribution in [-0.2, 0) is 14.8 Å². The van der Waals surface area contributed by atoms with Crippen LogP contribution >= 0.6 is 11.8 Å². The number of ether oxygens (including phenoxy) is 1. The van der Waals surface area contributed by atoms with Gasteiger partial charge in [0.05, 0.1) is 28.8 Å². The normalized spacial score (nSPS) is 15.1. The molecule has 0 atom stereocenters. The molecule has 1 aromatic heterocycles. The summed E-state index contributed by atoms with van der Waals surface area (Å²) in [6.07, 6.45) is 2.81. The van der Waals surface area contributed by atoms with Crippen LogP contribution in [0.5, 0.6) is 5.75 Å². The maximum absolute atomic E-state index is 12.9. The van der Waals surface area contributed by atoms with E-state index >= 15 is 0 Å². The molecule has 1 aliphatic heterocycles. The minimum Gasteiger partial charge on any atom is -0.497 e. The molecule has 8 nitrogen and oxygen atoms in total. The predicted octanol–water partition coefficient (Wildman–Crippen LogP) is 3.48. The van der Waals surface area contributed by atoms with Crippen LogP contribution in [0.1, 0.15) is 19.3 Å². The lowest BCUT2D eigenvalue weighted by Crippen LogP contribution is -2.35. The molecule has 1 fully saturated rings. The summed E-state index contributed by atoms with van der Waals surface area (Å²) in [4.78, 5) is 20.2. The Morgan fingerprint density at radius 1 is 1.19 bits per heavy atom. The predicted molar refractivity (Wildman–Crippen MR) is 121 cm³/mol. The van der Waals surface area contributed by atoms with Gasteiger partial charge in [0.25, 0.3) is 0 Å². The molecular formula is C21H24N4O4S2. The van der Waals surface area contributed by atoms with Gasteiger partial charge in [-0.15, -0.1) is 0 Å². The van der Waals surface area contributed by atoms with Crippen LogP contribution in [0.15, 0.2) is 52.5 Å². The molecule has 2 aromatic carbocycles. The molecule has 0 saturated carbocycles. The monoisotopic (exact) mass is 460 g/mol. The van der Waals surface area contributed by atoms with E-state index in [1.54, 1.807) is 25.3 Å². The van der Waals surface area contributed by atoms with Gasteiger partial charge in [-0.1, -0.05) is 24.2 Å². The van der Waals surface area contributed by atoms with Gasteiger partial charge in [0, 0.05) is 24.8 Å². The number of benzene rings is 2. The van der Waals surface area contributed by atoms with E-state index in [1.165, 1.54) is 22.1 Å². The van der Waals surface area contributed by atoms with E-state index in [0.717, 1.165) is 36.0 Å². The number of aromatic amines is 1. The highest BCUT2D eigenvalue weighted by molar-refractivity contribution is 7.99. The zero-order valence-electron chi connectivity index (χ0n) is 17.1. The number of rotatable bonds is 7. The molecule has 2 heterocycles. The zero-order chi connectivity index (χ0) is 21.8. The first kappa shape index (κ1) is 21.7. The zero-order valence-corrected chi connectivity index (χ0v) is 18.8. The van der Waals surface area contributed by atoms with E-state index in [0.29, 0.717) is 23.9 Å². The van der Waals surface area contributed by atoms with Gasteiger partial charge < -0.3 is 15.0 Å². The average molecular weight is 461 g/mol. The fourth-order valence-corrected chi connectivity index (χ4v) is 5.73. The number of anilines is 1. The number of H-pyrrole nitrogens is 1. The van der Waals surface area contributed by atoms with Crippen molar-refractivity contribution in [1.29, 1.82) is 0 Å². The topological polar surface area (TPSA) is 104 Å². The van der Waals surface area contributed by atoms with E-state index in [1.807, 2.05) is 18.2 Å². The molecule has 2 N–H and O–H groups in total. The number of carbonyl (C=O) groups is 1. The summed E-state index contributed by atoms with van der Waals surface area (Å²) in [6.45, 7) is 1.08. The van der Waals surface area contributed by atoms with Crippen LogP contribution in [0.3, 0.4) is 0 Å². The highest BCUT2D eigenvalue weighted by Gasteiger charge is 2.26. The average Bonchev–Trinajstić information content (AvgIpc) is 3.20. The van der Waals surface area contributed by atoms with Crippen molar-refractivity contribution in [2.45, 2.75) is 29.3 Å². The standard InChI is InChI=1S/C21H24N4O4S2/c1-29-16-8-9-18-19(13-16)24-21(23-18)30-14-20(26)22-15-6-5-7-17(12-15)31(27,28)25-10-3-2-4-11-25/h5-9,12-13H,2-4,10-11,14H2,1H3,(H,22,26)(H,23,24). The molecular weight excluding hydrogens is 436 g/mol. The first-order chi connectivity index (χ1) is 15.0. The van der Waals surface area contributed by atoms with E-state index in [9.17, 15) is 13.2 Å². The maximum Gasteiger partial charge on any atom is 0.243 e. The number of carbonyl (C=O) groups excluding carboxylic acids is 1. The molecule has 31 heavy (non-hydrogen) atoms. The molecule has 1 saturated heterocycles. The SMILES string of the molecule is COc1ccc2nc(SCC(=O)Nc3cccc(S(=O)(=O)N4CCCCC4)c3)[nH]c2c1. The van der Waals surface area contributed by atoms with Gasteiger partial charge >= 0.3 is 0 Å². The number of hydrogen-bond acceptors (Lipinski definition) is 6. The summed E-state index contributed by atoms with van der Waals surface area (Å²) >= 11 is 1.27. The molecule has 0 bridgehead atoms. The number of piperidine rings is 1. The third-order valence-electron chi connectivity index (χ3n) is 5.08. The fourth-order valence-electron chi connectivity index (χ4n) is 3.48. The molecule has 1 aliphatic rings. The van der Waals surface area contributed by atoms with Crippen LogP contribution in [0.2, 0.25) is 0 Å². The molecule has 0 radical (unpaired) electrons. The van der Waals surface area contributed by atoms with Crippen molar-refractivity contribution in [2.24, 2.45) is 0 Å². The number of methoxy groups -OCH3 is 1. The summed E-state index contributed by atoms with van der Waals surface area (Å²) in [5.74, 6) is 0.625. The van der Waals surface area contributed by atoms with Crippen LogP contribution in [0.25, 0.3) is 11.0 Å². The molecule has 1 amide bonds. The van der Waals surface area contributed by atoms with Gasteiger partial charge in [-0.2, -0.15) is 4.31 Å². The van der Waals surface area contributed by atoms with Crippen molar-refractivity contribution in [3.05, 3.63) is 42.5 Å². The number of amides is 1. The number of thioether (sulfide) groups is 1. The van der Waals surface area contributed by atoms with Gasteiger partial charge in [0.2, 0.25) is 15.9 Å². The second-order valence-corrected chi connectivity index (χ2v) is 10.2. The fraction of sp³-hybridized carbons (Fsp3) is 0.333. The minimum absolute atomic E-state index is 0.139. The van der Waals surface area contributed by atoms with E-state index in [2.05, 4.69) is 15.3 Å². The van der Waals surface area contributed by atoms with E-state index in [4.69, 9.17) is 4.74 Å². The van der Waals surface area contributed by atoms with Gasteiger partial charge in [0.15, 0.2) is 5.16 Å². The quantitative estimate of drug-likeness (QED) is 0.523. The number of nitrogens with zero attached hydrogens (tertiary/aromatic N) is 2. The number of nitrogens with one attached hydrogen (secondary N) is 2. The third-order valence-corrected chi connectivity index (χ3v) is 7.85. The number of hydrogen-bond donors (Lipinski definition) is 2. The summed E-state index contributed by atoms with van der Waals surface area (Å²) < 4.78 is 32.4. The van der Waals surface area contributed by atoms with Crippen LogP contribution < -0.4 is 10.1 Å². The lowest BCUT2D eigenvalue weighted by molar-refractivity contribution is -0.113. The molecule has 10 heteroatoms. The minimum atomic E-state index is -3.54. The number of aromatic nitrogens is 2. The Balaban J connectivity index is 1.39. The lowest BCUT2D eigenvalue weighted by Gasteiger charge is -2.26. The smallest absolute Gasteiger partial charge is 0.243 e. The van der Waals surface area contributed by atoms with Gasteiger partial charge in [0.1, 0.15) is 5.75 Å². The van der Waals surface area contributed by atoms with E-state index < -0.39 is 10.0 Å². The van der Waals surface area contributed by atoms with Crippen molar-refractivity contribution in [3.63, 3.8) is 0 Å². The second kappa shape index (κ2) is 9.29. The Hall–Kier alpha value is -2.56. The van der Waals surface area contributed by atoms with Crippen LogP contribution in [0.4, 0.5) is 5.69 Å². The van der Waals surface area contributed by atoms with Crippen LogP contribution in [-0.4, -0.2) is 54.6 Å². The Bertz CT molecular complexity index is 1190. The first-order valence-corrected chi connectivity index (χ1v) is 12.4. The first-order valence-electron chi connectivity index (χ1n) is 10.0. The van der Waals surface area contributed by atoms with Gasteiger partial charge in [-0.05, 0) is 43.2 Å². The number of imidazole rings is 1. The largest absolute Gasteiger partial charge is 0.497 e. The molecule has 0 aliphatic carbocycles. The molecule has 0 spiro atoms. The Labute approximate surface area is 185 Å². The maximum atomic E-state index is 12.9. The van der Waals surface area contributed by atoms with Gasteiger partial charge in [-0.25, -0.2) is 13.4 Å². The highest BCUT2D eigenvalue weighted by Crippen LogP contribution is 2.25. The lowest BCUT2D eigenvalue weighted by atomic mass is 10.2. The van der Waals surface area contributed by atoms with Crippen molar-refractivity contribution in [1.82, 2.24) is 14.3 Å². The van der Waals surface area contributed by atoms with E-state index in [-0.39, 0.29) is 16.6 Å². The summed E-state index contributed by atoms with van der Waals surface area (Å²) in [6, 6.07) is 11.9. The third kappa shape index (κ3) is 5.03. The summed E-state index contributed by atoms with van der Waals surface area (Å²) in [5, 5.41) is 3.40. The second-order valence-electron chi connectivity index (χ2n) is 7.25. The Morgan fingerprint density at radius 2 is 2.00 bits per heavy atom. The number of fused-ring (bicyclic) bond motifs is 1. The molecule has 3 aromatic rings. The number of sulfonamides is 1. The Morgan fingerprint density at radius 3 is 2.77 bits per heavy atom. The van der Waals surface area contributed by atoms with Crippen molar-refractivity contribution in [3.8, 4) is 5.75 Å². The van der Waals surface area contributed by atoms with Crippen LogP contribution in [0, 0.1) is 0 Å². The Kier molecular flexibility index (Phi) is 6.49. The summed E-state index contributed by atoms with van der Waals surface area (Å²) in [5.41, 5.74) is 2.08.